The van der Waals surface area contributed by atoms with Gasteiger partial charge >= 0.3 is 0 Å². The van der Waals surface area contributed by atoms with Crippen molar-refractivity contribution in [3.8, 4) is 0 Å². The number of nitrogens with zero attached hydrogens (tertiary/aromatic N) is 2. The molecular formula is C22H25ClN4OS. The number of halogens is 1. The van der Waals surface area contributed by atoms with E-state index in [1.807, 2.05) is 25.1 Å². The van der Waals surface area contributed by atoms with E-state index in [1.54, 1.807) is 0 Å². The van der Waals surface area contributed by atoms with Crippen LogP contribution >= 0.6 is 22.9 Å². The van der Waals surface area contributed by atoms with E-state index in [-0.39, 0.29) is 5.91 Å². The molecule has 0 aliphatic carbocycles. The molecular weight excluding hydrogens is 404 g/mol. The highest BCUT2D eigenvalue weighted by atomic mass is 35.5. The molecule has 5 nitrogen and oxygen atoms in total. The van der Waals surface area contributed by atoms with Crippen molar-refractivity contribution in [3.05, 3.63) is 51.5 Å². The summed E-state index contributed by atoms with van der Waals surface area (Å²) in [5, 5.41) is 4.55. The van der Waals surface area contributed by atoms with Crippen LogP contribution < -0.4 is 16.0 Å². The maximum absolute atomic E-state index is 12.6. The first-order valence-electron chi connectivity index (χ1n) is 10.00. The molecule has 1 aliphatic rings. The number of nitrogens with one attached hydrogen (secondary N) is 1. The van der Waals surface area contributed by atoms with Crippen LogP contribution in [0.25, 0.3) is 10.2 Å². The van der Waals surface area contributed by atoms with Crippen LogP contribution in [0.5, 0.6) is 0 Å². The lowest BCUT2D eigenvalue weighted by molar-refractivity contribution is 0.0959. The molecule has 0 spiro atoms. The highest BCUT2D eigenvalue weighted by molar-refractivity contribution is 7.21. The fourth-order valence-electron chi connectivity index (χ4n) is 3.74. The summed E-state index contributed by atoms with van der Waals surface area (Å²) in [4.78, 5) is 20.8. The van der Waals surface area contributed by atoms with Crippen molar-refractivity contribution in [3.63, 3.8) is 0 Å². The number of hydrogen-bond acceptors (Lipinski definition) is 5. The highest BCUT2D eigenvalue weighted by Gasteiger charge is 2.17. The Balaban J connectivity index is 1.38. The molecule has 1 aliphatic heterocycles. The smallest absolute Gasteiger partial charge is 0.263 e. The Hall–Kier alpha value is -2.31. The fourth-order valence-corrected chi connectivity index (χ4v) is 5.06. The van der Waals surface area contributed by atoms with Gasteiger partial charge in [-0.3, -0.25) is 4.79 Å². The number of nitrogen functional groups attached to an aromatic ring is 1. The van der Waals surface area contributed by atoms with E-state index in [0.29, 0.717) is 23.5 Å². The number of benzene rings is 1. The molecule has 1 aromatic carbocycles. The number of carbonyl (C=O) groups is 1. The molecule has 1 fully saturated rings. The first-order chi connectivity index (χ1) is 14.0. The SMILES string of the molecule is Cc1ccc2c(N)c(C(=O)NCCc3ccc(N4CCCCC4)cc3Cl)sc2n1. The molecule has 7 heteroatoms. The van der Waals surface area contributed by atoms with E-state index in [0.717, 1.165) is 39.6 Å². The minimum absolute atomic E-state index is 0.163. The first kappa shape index (κ1) is 20.0. The van der Waals surface area contributed by atoms with Gasteiger partial charge in [0.1, 0.15) is 9.71 Å². The summed E-state index contributed by atoms with van der Waals surface area (Å²) in [5.41, 5.74) is 9.80. The van der Waals surface area contributed by atoms with Gasteiger partial charge in [-0.2, -0.15) is 0 Å². The van der Waals surface area contributed by atoms with Gasteiger partial charge in [-0.15, -0.1) is 11.3 Å². The minimum Gasteiger partial charge on any atom is -0.397 e. The van der Waals surface area contributed by atoms with Gasteiger partial charge in [0, 0.05) is 41.4 Å². The quantitative estimate of drug-likeness (QED) is 0.612. The van der Waals surface area contributed by atoms with E-state index in [4.69, 9.17) is 17.3 Å². The summed E-state index contributed by atoms with van der Waals surface area (Å²) in [6.45, 7) is 4.62. The Morgan fingerprint density at radius 1 is 1.24 bits per heavy atom. The molecule has 2 aromatic heterocycles. The number of aryl methyl sites for hydroxylation is 1. The molecule has 3 N–H and O–H groups in total. The minimum atomic E-state index is -0.163. The summed E-state index contributed by atoms with van der Waals surface area (Å²) in [6, 6.07) is 10.1. The van der Waals surface area contributed by atoms with Gasteiger partial charge in [0.2, 0.25) is 0 Å². The van der Waals surface area contributed by atoms with Gasteiger partial charge in [0.15, 0.2) is 0 Å². The zero-order chi connectivity index (χ0) is 20.4. The molecule has 3 heterocycles. The lowest BCUT2D eigenvalue weighted by Gasteiger charge is -2.29. The van der Waals surface area contributed by atoms with Crippen molar-refractivity contribution in [1.82, 2.24) is 10.3 Å². The maximum atomic E-state index is 12.6. The third-order valence-corrected chi connectivity index (χ3v) is 6.84. The Bertz CT molecular complexity index is 1040. The molecule has 0 bridgehead atoms. The van der Waals surface area contributed by atoms with Gasteiger partial charge < -0.3 is 16.0 Å². The second-order valence-electron chi connectivity index (χ2n) is 7.48. The average Bonchev–Trinajstić information content (AvgIpc) is 3.05. The first-order valence-corrected chi connectivity index (χ1v) is 11.2. The lowest BCUT2D eigenvalue weighted by atomic mass is 10.1. The van der Waals surface area contributed by atoms with Crippen molar-refractivity contribution in [2.75, 3.05) is 30.3 Å². The average molecular weight is 429 g/mol. The van der Waals surface area contributed by atoms with E-state index in [2.05, 4.69) is 27.3 Å². The van der Waals surface area contributed by atoms with Crippen LogP contribution in [-0.4, -0.2) is 30.5 Å². The number of piperidine rings is 1. The van der Waals surface area contributed by atoms with E-state index >= 15 is 0 Å². The van der Waals surface area contributed by atoms with Crippen LogP contribution in [0.2, 0.25) is 5.02 Å². The summed E-state index contributed by atoms with van der Waals surface area (Å²) in [5.74, 6) is -0.163. The van der Waals surface area contributed by atoms with E-state index in [1.165, 1.54) is 36.3 Å². The van der Waals surface area contributed by atoms with E-state index < -0.39 is 0 Å². The number of pyridine rings is 1. The largest absolute Gasteiger partial charge is 0.397 e. The third-order valence-electron chi connectivity index (χ3n) is 5.38. The molecule has 0 atom stereocenters. The van der Waals surface area contributed by atoms with Crippen molar-refractivity contribution < 1.29 is 4.79 Å². The van der Waals surface area contributed by atoms with E-state index in [9.17, 15) is 4.79 Å². The highest BCUT2D eigenvalue weighted by Crippen LogP contribution is 2.32. The van der Waals surface area contributed by atoms with Crippen LogP contribution in [0.1, 0.15) is 40.2 Å². The van der Waals surface area contributed by atoms with Crippen molar-refractivity contribution in [2.24, 2.45) is 0 Å². The van der Waals surface area contributed by atoms with Crippen LogP contribution in [0.15, 0.2) is 30.3 Å². The zero-order valence-corrected chi connectivity index (χ0v) is 18.1. The summed E-state index contributed by atoms with van der Waals surface area (Å²) in [7, 11) is 0. The van der Waals surface area contributed by atoms with Crippen LogP contribution in [0.4, 0.5) is 11.4 Å². The predicted octanol–water partition coefficient (Wildman–Crippen LogP) is 4.80. The molecule has 0 unspecified atom stereocenters. The van der Waals surface area contributed by atoms with Crippen molar-refractivity contribution in [2.45, 2.75) is 32.6 Å². The standard InChI is InChI=1S/C22H25ClN4OS/c1-14-5-8-17-19(24)20(29-22(17)26-14)21(28)25-10-9-15-6-7-16(13-18(15)23)27-11-3-2-4-12-27/h5-8,13H,2-4,9-12,24H2,1H3,(H,25,28). The van der Waals surface area contributed by atoms with Gasteiger partial charge in [-0.25, -0.2) is 4.98 Å². The number of anilines is 2. The molecule has 0 radical (unpaired) electrons. The number of thiophene rings is 1. The normalized spacial score (nSPS) is 14.3. The number of hydrogen-bond donors (Lipinski definition) is 2. The van der Waals surface area contributed by atoms with Crippen LogP contribution in [-0.2, 0) is 6.42 Å². The molecule has 29 heavy (non-hydrogen) atoms. The second kappa shape index (κ2) is 8.59. The summed E-state index contributed by atoms with van der Waals surface area (Å²) >= 11 is 7.84. The third kappa shape index (κ3) is 4.33. The van der Waals surface area contributed by atoms with Crippen molar-refractivity contribution in [1.29, 1.82) is 0 Å². The monoisotopic (exact) mass is 428 g/mol. The van der Waals surface area contributed by atoms with Gasteiger partial charge in [0.25, 0.3) is 5.91 Å². The molecule has 1 amide bonds. The fraction of sp³-hybridized carbons (Fsp3) is 0.364. The molecule has 1 saturated heterocycles. The molecule has 152 valence electrons. The number of fused-ring (bicyclic) bond motifs is 1. The number of amides is 1. The van der Waals surface area contributed by atoms with Crippen LogP contribution in [0.3, 0.4) is 0 Å². The molecule has 4 rings (SSSR count). The van der Waals surface area contributed by atoms with Crippen molar-refractivity contribution >= 4 is 50.4 Å². The Morgan fingerprint density at radius 3 is 2.79 bits per heavy atom. The Labute approximate surface area is 179 Å². The second-order valence-corrected chi connectivity index (χ2v) is 8.89. The Morgan fingerprint density at radius 2 is 2.03 bits per heavy atom. The maximum Gasteiger partial charge on any atom is 0.263 e. The number of rotatable bonds is 5. The number of nitrogens with two attached hydrogens (primary N) is 1. The number of carbonyl (C=O) groups excluding carboxylic acids is 1. The summed E-state index contributed by atoms with van der Waals surface area (Å²) in [6.07, 6.45) is 4.46. The molecule has 3 aromatic rings. The molecule has 0 saturated carbocycles. The lowest BCUT2D eigenvalue weighted by Crippen LogP contribution is -2.29. The number of aromatic nitrogens is 1. The predicted molar refractivity (Wildman–Crippen MR) is 122 cm³/mol. The van der Waals surface area contributed by atoms with Gasteiger partial charge in [0.05, 0.1) is 5.69 Å². The van der Waals surface area contributed by atoms with Gasteiger partial charge in [-0.1, -0.05) is 17.7 Å². The van der Waals surface area contributed by atoms with Crippen LogP contribution in [0, 0.1) is 6.92 Å². The summed E-state index contributed by atoms with van der Waals surface area (Å²) < 4.78 is 0. The van der Waals surface area contributed by atoms with Gasteiger partial charge in [-0.05, 0) is 62.4 Å². The zero-order valence-electron chi connectivity index (χ0n) is 16.5. The Kier molecular flexibility index (Phi) is 5.92. The topological polar surface area (TPSA) is 71.2 Å².